The Hall–Kier alpha value is -0.610. The summed E-state index contributed by atoms with van der Waals surface area (Å²) in [6, 6.07) is 0. The van der Waals surface area contributed by atoms with Gasteiger partial charge in [0.1, 0.15) is 0 Å². The molecule has 1 rings (SSSR count). The van der Waals surface area contributed by atoms with Gasteiger partial charge < -0.3 is 15.7 Å². The molecule has 1 aliphatic rings. The second-order valence-electron chi connectivity index (χ2n) is 3.71. The molecule has 2 atom stereocenters. The molecule has 0 spiro atoms. The van der Waals surface area contributed by atoms with Gasteiger partial charge in [-0.05, 0) is 12.3 Å². The fourth-order valence-electron chi connectivity index (χ4n) is 1.64. The van der Waals surface area contributed by atoms with Gasteiger partial charge in [0.25, 0.3) is 0 Å². The largest absolute Gasteiger partial charge is 0.393 e. The molecule has 1 heterocycles. The van der Waals surface area contributed by atoms with Crippen molar-refractivity contribution in [3.8, 4) is 0 Å². The molecule has 1 aliphatic heterocycles. The topological polar surface area (TPSA) is 66.6 Å². The molecule has 0 bridgehead atoms. The number of hydrogen-bond donors (Lipinski definition) is 2. The molecular weight excluding hydrogens is 168 g/mol. The summed E-state index contributed by atoms with van der Waals surface area (Å²) < 4.78 is 0. The Morgan fingerprint density at radius 3 is 2.92 bits per heavy atom. The Kier molecular flexibility index (Phi) is 3.69. The smallest absolute Gasteiger partial charge is 0.223 e. The molecule has 13 heavy (non-hydrogen) atoms. The molecule has 1 amide bonds. The van der Waals surface area contributed by atoms with Crippen LogP contribution in [0.25, 0.3) is 0 Å². The lowest BCUT2D eigenvalue weighted by atomic mass is 9.96. The number of nitrogens with zero attached hydrogens (tertiary/aromatic N) is 1. The average molecular weight is 186 g/mol. The lowest BCUT2D eigenvalue weighted by Crippen LogP contribution is -2.45. The van der Waals surface area contributed by atoms with E-state index in [0.717, 1.165) is 0 Å². The summed E-state index contributed by atoms with van der Waals surface area (Å²) >= 11 is 0. The van der Waals surface area contributed by atoms with E-state index < -0.39 is 0 Å². The maximum Gasteiger partial charge on any atom is 0.223 e. The number of amides is 1. The second-order valence-corrected chi connectivity index (χ2v) is 3.71. The highest BCUT2D eigenvalue weighted by atomic mass is 16.3. The molecule has 0 unspecified atom stereocenters. The molecule has 1 saturated heterocycles. The van der Waals surface area contributed by atoms with Gasteiger partial charge in [0, 0.05) is 26.1 Å². The van der Waals surface area contributed by atoms with Gasteiger partial charge in [0.15, 0.2) is 0 Å². The van der Waals surface area contributed by atoms with Gasteiger partial charge in [-0.1, -0.05) is 6.92 Å². The van der Waals surface area contributed by atoms with Gasteiger partial charge in [-0.2, -0.15) is 0 Å². The number of carbonyl (C=O) groups is 1. The standard InChI is InChI=1S/C9H18N2O2/c1-7-6-11(5-3-8(7)12)9(13)2-4-10/h7-8,12H,2-6,10H2,1H3/t7-,8+/m1/s1. The van der Waals surface area contributed by atoms with Crippen LogP contribution < -0.4 is 5.73 Å². The summed E-state index contributed by atoms with van der Waals surface area (Å²) in [5, 5.41) is 9.44. The number of nitrogens with two attached hydrogens (primary N) is 1. The zero-order valence-electron chi connectivity index (χ0n) is 8.07. The first-order valence-electron chi connectivity index (χ1n) is 4.81. The summed E-state index contributed by atoms with van der Waals surface area (Å²) in [5.41, 5.74) is 5.30. The van der Waals surface area contributed by atoms with Crippen LogP contribution in [0.2, 0.25) is 0 Å². The summed E-state index contributed by atoms with van der Waals surface area (Å²) in [5.74, 6) is 0.303. The van der Waals surface area contributed by atoms with E-state index in [-0.39, 0.29) is 17.9 Å². The van der Waals surface area contributed by atoms with Crippen LogP contribution in [0, 0.1) is 5.92 Å². The number of carbonyl (C=O) groups excluding carboxylic acids is 1. The van der Waals surface area contributed by atoms with Crippen LogP contribution in [0.4, 0.5) is 0 Å². The minimum Gasteiger partial charge on any atom is -0.393 e. The van der Waals surface area contributed by atoms with Crippen LogP contribution in [0.1, 0.15) is 19.8 Å². The van der Waals surface area contributed by atoms with Gasteiger partial charge in [0.05, 0.1) is 6.10 Å². The Morgan fingerprint density at radius 2 is 2.38 bits per heavy atom. The minimum atomic E-state index is -0.248. The van der Waals surface area contributed by atoms with Gasteiger partial charge in [-0.15, -0.1) is 0 Å². The number of hydrogen-bond acceptors (Lipinski definition) is 3. The fourth-order valence-corrected chi connectivity index (χ4v) is 1.64. The van der Waals surface area contributed by atoms with Gasteiger partial charge in [-0.3, -0.25) is 4.79 Å². The van der Waals surface area contributed by atoms with E-state index in [1.54, 1.807) is 4.90 Å². The van der Waals surface area contributed by atoms with Crippen LogP contribution in [0.15, 0.2) is 0 Å². The van der Waals surface area contributed by atoms with E-state index in [1.807, 2.05) is 6.92 Å². The van der Waals surface area contributed by atoms with Gasteiger partial charge in [-0.25, -0.2) is 0 Å². The first-order valence-corrected chi connectivity index (χ1v) is 4.81. The fraction of sp³-hybridized carbons (Fsp3) is 0.889. The summed E-state index contributed by atoms with van der Waals surface area (Å²) in [6.45, 7) is 3.71. The van der Waals surface area contributed by atoms with Crippen molar-refractivity contribution in [3.05, 3.63) is 0 Å². The Bertz CT molecular complexity index is 184. The van der Waals surface area contributed by atoms with Crippen LogP contribution in [0.3, 0.4) is 0 Å². The van der Waals surface area contributed by atoms with Crippen LogP contribution in [-0.2, 0) is 4.79 Å². The summed E-state index contributed by atoms with van der Waals surface area (Å²) in [7, 11) is 0. The molecule has 4 nitrogen and oxygen atoms in total. The van der Waals surface area contributed by atoms with E-state index in [4.69, 9.17) is 5.73 Å². The van der Waals surface area contributed by atoms with E-state index in [2.05, 4.69) is 0 Å². The van der Waals surface area contributed by atoms with Crippen LogP contribution in [-0.4, -0.2) is 41.7 Å². The van der Waals surface area contributed by atoms with Crippen molar-refractivity contribution < 1.29 is 9.90 Å². The van der Waals surface area contributed by atoms with Crippen molar-refractivity contribution in [1.29, 1.82) is 0 Å². The lowest BCUT2D eigenvalue weighted by Gasteiger charge is -2.34. The highest BCUT2D eigenvalue weighted by Crippen LogP contribution is 2.16. The number of likely N-dealkylation sites (tertiary alicyclic amines) is 1. The van der Waals surface area contributed by atoms with Gasteiger partial charge in [0.2, 0.25) is 5.91 Å². The molecule has 0 radical (unpaired) electrons. The molecular formula is C9H18N2O2. The Balaban J connectivity index is 2.40. The number of aliphatic hydroxyl groups excluding tert-OH is 1. The first kappa shape index (κ1) is 10.5. The van der Waals surface area contributed by atoms with Crippen molar-refractivity contribution in [3.63, 3.8) is 0 Å². The third-order valence-electron chi connectivity index (χ3n) is 2.57. The Labute approximate surface area is 78.7 Å². The highest BCUT2D eigenvalue weighted by Gasteiger charge is 2.26. The van der Waals surface area contributed by atoms with Gasteiger partial charge >= 0.3 is 0 Å². The maximum absolute atomic E-state index is 11.4. The predicted octanol–water partition coefficient (Wildman–Crippen LogP) is -0.435. The number of piperidine rings is 1. The molecule has 0 saturated carbocycles. The number of aliphatic hydroxyl groups is 1. The first-order chi connectivity index (χ1) is 6.15. The molecule has 1 fully saturated rings. The van der Waals surface area contributed by atoms with Crippen LogP contribution >= 0.6 is 0 Å². The summed E-state index contributed by atoms with van der Waals surface area (Å²) in [4.78, 5) is 13.2. The van der Waals surface area contributed by atoms with Crippen molar-refractivity contribution in [2.24, 2.45) is 11.7 Å². The van der Waals surface area contributed by atoms with Crippen molar-refractivity contribution in [2.75, 3.05) is 19.6 Å². The maximum atomic E-state index is 11.4. The van der Waals surface area contributed by atoms with E-state index >= 15 is 0 Å². The Morgan fingerprint density at radius 1 is 1.69 bits per heavy atom. The highest BCUT2D eigenvalue weighted by molar-refractivity contribution is 5.76. The lowest BCUT2D eigenvalue weighted by molar-refractivity contribution is -0.134. The normalized spacial score (nSPS) is 29.0. The summed E-state index contributed by atoms with van der Waals surface area (Å²) in [6.07, 6.45) is 0.863. The van der Waals surface area contributed by atoms with Crippen molar-refractivity contribution in [1.82, 2.24) is 4.90 Å². The minimum absolute atomic E-state index is 0.112. The van der Waals surface area contributed by atoms with Crippen molar-refractivity contribution >= 4 is 5.91 Å². The molecule has 76 valence electrons. The molecule has 3 N–H and O–H groups in total. The third kappa shape index (κ3) is 2.67. The monoisotopic (exact) mass is 186 g/mol. The zero-order chi connectivity index (χ0) is 9.84. The molecule has 4 heteroatoms. The second kappa shape index (κ2) is 4.58. The van der Waals surface area contributed by atoms with Crippen LogP contribution in [0.5, 0.6) is 0 Å². The van der Waals surface area contributed by atoms with E-state index in [0.29, 0.717) is 32.5 Å². The van der Waals surface area contributed by atoms with Crippen molar-refractivity contribution in [2.45, 2.75) is 25.9 Å². The molecule has 0 aromatic heterocycles. The SMILES string of the molecule is C[C@@H]1CN(C(=O)CCN)CC[C@@H]1O. The predicted molar refractivity (Wildman–Crippen MR) is 50.0 cm³/mol. The molecule has 0 aliphatic carbocycles. The average Bonchev–Trinajstić information content (AvgIpc) is 2.10. The third-order valence-corrected chi connectivity index (χ3v) is 2.57. The zero-order valence-corrected chi connectivity index (χ0v) is 8.07. The molecule has 0 aromatic carbocycles. The van der Waals surface area contributed by atoms with E-state index in [1.165, 1.54) is 0 Å². The molecule has 0 aromatic rings. The van der Waals surface area contributed by atoms with E-state index in [9.17, 15) is 9.90 Å². The quantitative estimate of drug-likeness (QED) is 0.614. The number of rotatable bonds is 2.